The van der Waals surface area contributed by atoms with Gasteiger partial charge in [-0.1, -0.05) is 11.3 Å². The van der Waals surface area contributed by atoms with E-state index >= 15 is 0 Å². The van der Waals surface area contributed by atoms with Crippen LogP contribution in [0.15, 0.2) is 6.07 Å². The summed E-state index contributed by atoms with van der Waals surface area (Å²) in [4.78, 5) is 44.9. The van der Waals surface area contributed by atoms with Gasteiger partial charge in [0, 0.05) is 58.3 Å². The molecule has 11 nitrogen and oxygen atoms in total. The molecule has 0 radical (unpaired) electrons. The number of piperazine rings is 1. The number of nitrogens with zero attached hydrogens (tertiary/aromatic N) is 6. The zero-order valence-corrected chi connectivity index (χ0v) is 20.9. The lowest BCUT2D eigenvalue weighted by atomic mass is 10.2. The van der Waals surface area contributed by atoms with Crippen LogP contribution in [-0.2, 0) is 9.53 Å². The van der Waals surface area contributed by atoms with Crippen LogP contribution in [-0.4, -0.2) is 90.7 Å². The second kappa shape index (κ2) is 10.5. The van der Waals surface area contributed by atoms with Crippen molar-refractivity contribution in [2.24, 2.45) is 0 Å². The lowest BCUT2D eigenvalue weighted by Gasteiger charge is -2.33. The van der Waals surface area contributed by atoms with Gasteiger partial charge >= 0.3 is 5.97 Å². The Kier molecular flexibility index (Phi) is 7.47. The Hall–Kier alpha value is -2.99. The van der Waals surface area contributed by atoms with Crippen LogP contribution in [0.25, 0.3) is 0 Å². The highest BCUT2D eigenvalue weighted by molar-refractivity contribution is 7.17. The Labute approximate surface area is 203 Å². The van der Waals surface area contributed by atoms with Crippen LogP contribution in [0.3, 0.4) is 0 Å². The summed E-state index contributed by atoms with van der Waals surface area (Å²) in [5, 5.41) is 6.74. The summed E-state index contributed by atoms with van der Waals surface area (Å²) in [5.41, 5.74) is 0.610. The highest BCUT2D eigenvalue weighted by Gasteiger charge is 2.26. The van der Waals surface area contributed by atoms with E-state index in [1.165, 1.54) is 11.3 Å². The Morgan fingerprint density at radius 1 is 1.12 bits per heavy atom. The number of hydrogen-bond acceptors (Lipinski definition) is 11. The molecule has 2 aliphatic heterocycles. The van der Waals surface area contributed by atoms with Gasteiger partial charge in [-0.25, -0.2) is 9.78 Å². The van der Waals surface area contributed by atoms with Crippen molar-refractivity contribution in [3.05, 3.63) is 16.6 Å². The molecule has 184 valence electrons. The number of nitrogens with one attached hydrogen (secondary N) is 2. The number of ether oxygens (including phenoxy) is 1. The fourth-order valence-corrected chi connectivity index (χ4v) is 5.00. The molecule has 1 unspecified atom stereocenters. The van der Waals surface area contributed by atoms with E-state index in [0.717, 1.165) is 50.8 Å². The van der Waals surface area contributed by atoms with Crippen molar-refractivity contribution in [1.29, 1.82) is 0 Å². The monoisotopic (exact) mass is 488 g/mol. The Morgan fingerprint density at radius 3 is 2.50 bits per heavy atom. The van der Waals surface area contributed by atoms with E-state index < -0.39 is 0 Å². The number of amides is 1. The molecule has 34 heavy (non-hydrogen) atoms. The first-order valence-corrected chi connectivity index (χ1v) is 12.4. The Bertz CT molecular complexity index is 1040. The first-order chi connectivity index (χ1) is 16.3. The van der Waals surface area contributed by atoms with E-state index in [1.54, 1.807) is 20.8 Å². The number of carbonyl (C=O) groups excluding carboxylic acids is 2. The smallest absolute Gasteiger partial charge is 0.350 e. The largest absolute Gasteiger partial charge is 0.462 e. The third-order valence-electron chi connectivity index (χ3n) is 5.92. The van der Waals surface area contributed by atoms with Gasteiger partial charge < -0.3 is 24.8 Å². The number of thiazole rings is 1. The lowest BCUT2D eigenvalue weighted by Crippen LogP contribution is -2.45. The van der Waals surface area contributed by atoms with Crippen molar-refractivity contribution in [3.63, 3.8) is 0 Å². The molecular weight excluding hydrogens is 456 g/mol. The average Bonchev–Trinajstić information content (AvgIpc) is 3.40. The molecule has 0 saturated carbocycles. The van der Waals surface area contributed by atoms with Gasteiger partial charge in [0.1, 0.15) is 16.5 Å². The average molecular weight is 489 g/mol. The van der Waals surface area contributed by atoms with Gasteiger partial charge in [0.05, 0.1) is 12.3 Å². The van der Waals surface area contributed by atoms with Crippen molar-refractivity contribution in [2.75, 3.05) is 68.0 Å². The first-order valence-electron chi connectivity index (χ1n) is 11.6. The zero-order chi connectivity index (χ0) is 24.2. The fourth-order valence-electron chi connectivity index (χ4n) is 4.14. The number of hydrogen-bond donors (Lipinski definition) is 2. The summed E-state index contributed by atoms with van der Waals surface area (Å²) >= 11 is 1.23. The molecule has 4 heterocycles. The van der Waals surface area contributed by atoms with Crippen LogP contribution in [0.2, 0.25) is 0 Å². The molecule has 0 bridgehead atoms. The molecule has 2 aliphatic rings. The van der Waals surface area contributed by atoms with Crippen LogP contribution in [0, 0.1) is 6.92 Å². The van der Waals surface area contributed by atoms with Crippen LogP contribution < -0.4 is 20.4 Å². The third kappa shape index (κ3) is 5.73. The van der Waals surface area contributed by atoms with E-state index in [2.05, 4.69) is 37.4 Å². The molecule has 0 spiro atoms. The fraction of sp³-hybridized carbons (Fsp3) is 0.591. The normalized spacial score (nSPS) is 18.8. The molecule has 2 N–H and O–H groups in total. The summed E-state index contributed by atoms with van der Waals surface area (Å²) in [6.45, 7) is 10.6. The number of likely N-dealkylation sites (N-methyl/N-ethyl adjacent to an activating group) is 1. The molecule has 1 amide bonds. The zero-order valence-electron chi connectivity index (χ0n) is 20.1. The number of esters is 1. The van der Waals surface area contributed by atoms with E-state index in [0.29, 0.717) is 34.8 Å². The SMILES string of the molecule is CCOC(=O)c1sc(Nc2nc(N3CCN(C)CC3)cc(N3CCC(NC(C)=O)C3)n2)nc1C. The molecular formula is C22H32N8O3S. The predicted octanol–water partition coefficient (Wildman–Crippen LogP) is 1.63. The summed E-state index contributed by atoms with van der Waals surface area (Å²) in [6, 6.07) is 2.12. The minimum Gasteiger partial charge on any atom is -0.462 e. The van der Waals surface area contributed by atoms with Gasteiger partial charge in [0.15, 0.2) is 5.13 Å². The molecule has 0 aliphatic carbocycles. The van der Waals surface area contributed by atoms with Gasteiger partial charge in [0.25, 0.3) is 0 Å². The summed E-state index contributed by atoms with van der Waals surface area (Å²) in [7, 11) is 2.12. The molecule has 2 aromatic heterocycles. The van der Waals surface area contributed by atoms with Crippen LogP contribution >= 0.6 is 11.3 Å². The van der Waals surface area contributed by atoms with Crippen LogP contribution in [0.1, 0.15) is 35.6 Å². The standard InChI is InChI=1S/C22H32N8O3S/c1-5-33-20(32)19-14(2)23-22(34-19)27-21-25-17(29-10-8-28(4)9-11-29)12-18(26-21)30-7-6-16(13-30)24-15(3)31/h12,16H,5-11,13H2,1-4H3,(H,24,31)(H,23,25,26,27). The molecule has 2 fully saturated rings. The van der Waals surface area contributed by atoms with E-state index in [-0.39, 0.29) is 17.9 Å². The molecule has 4 rings (SSSR count). The number of carbonyl (C=O) groups is 2. The Morgan fingerprint density at radius 2 is 1.82 bits per heavy atom. The molecule has 0 aromatic carbocycles. The molecule has 2 aromatic rings. The minimum atomic E-state index is -0.376. The highest BCUT2D eigenvalue weighted by atomic mass is 32.1. The van der Waals surface area contributed by atoms with Gasteiger partial charge in [0.2, 0.25) is 11.9 Å². The summed E-state index contributed by atoms with van der Waals surface area (Å²) in [5.74, 6) is 1.69. The summed E-state index contributed by atoms with van der Waals surface area (Å²) < 4.78 is 5.13. The van der Waals surface area contributed by atoms with Crippen molar-refractivity contribution in [1.82, 2.24) is 25.2 Å². The van der Waals surface area contributed by atoms with Gasteiger partial charge in [-0.3, -0.25) is 10.1 Å². The lowest BCUT2D eigenvalue weighted by molar-refractivity contribution is -0.119. The maximum absolute atomic E-state index is 12.2. The predicted molar refractivity (Wildman–Crippen MR) is 132 cm³/mol. The van der Waals surface area contributed by atoms with Crippen molar-refractivity contribution < 1.29 is 14.3 Å². The molecule has 2 saturated heterocycles. The third-order valence-corrected chi connectivity index (χ3v) is 6.98. The number of aromatic nitrogens is 3. The maximum atomic E-state index is 12.2. The van der Waals surface area contributed by atoms with Crippen LogP contribution in [0.5, 0.6) is 0 Å². The number of anilines is 4. The topological polar surface area (TPSA) is 116 Å². The summed E-state index contributed by atoms with van der Waals surface area (Å²) in [6.07, 6.45) is 0.866. The molecule has 1 atom stereocenters. The second-order valence-electron chi connectivity index (χ2n) is 8.61. The minimum absolute atomic E-state index is 0.0217. The van der Waals surface area contributed by atoms with Crippen molar-refractivity contribution >= 4 is 45.9 Å². The van der Waals surface area contributed by atoms with E-state index in [9.17, 15) is 9.59 Å². The Balaban J connectivity index is 1.59. The van der Waals surface area contributed by atoms with Crippen LogP contribution in [0.4, 0.5) is 22.7 Å². The van der Waals surface area contributed by atoms with Crippen molar-refractivity contribution in [3.8, 4) is 0 Å². The van der Waals surface area contributed by atoms with E-state index in [4.69, 9.17) is 14.7 Å². The van der Waals surface area contributed by atoms with Gasteiger partial charge in [-0.15, -0.1) is 0 Å². The number of aryl methyl sites for hydroxylation is 1. The van der Waals surface area contributed by atoms with Gasteiger partial charge in [-0.05, 0) is 27.3 Å². The van der Waals surface area contributed by atoms with E-state index in [1.807, 2.05) is 6.07 Å². The van der Waals surface area contributed by atoms with Gasteiger partial charge in [-0.2, -0.15) is 9.97 Å². The quantitative estimate of drug-likeness (QED) is 0.557. The van der Waals surface area contributed by atoms with Crippen molar-refractivity contribution in [2.45, 2.75) is 33.2 Å². The number of rotatable bonds is 7. The second-order valence-corrected chi connectivity index (χ2v) is 9.61. The first kappa shape index (κ1) is 24.1. The highest BCUT2D eigenvalue weighted by Crippen LogP contribution is 2.29. The maximum Gasteiger partial charge on any atom is 0.350 e. The molecule has 12 heteroatoms.